The van der Waals surface area contributed by atoms with Crippen molar-refractivity contribution in [2.45, 2.75) is 26.2 Å². The van der Waals surface area contributed by atoms with E-state index in [1.54, 1.807) is 24.3 Å². The molecule has 0 saturated heterocycles. The lowest BCUT2D eigenvalue weighted by Crippen LogP contribution is -2.33. The van der Waals surface area contributed by atoms with Crippen LogP contribution >= 0.6 is 0 Å². The van der Waals surface area contributed by atoms with Gasteiger partial charge in [-0.1, -0.05) is 45.0 Å². The Morgan fingerprint density at radius 3 is 1.55 bits per heavy atom. The smallest absolute Gasteiger partial charge is 0.207 e. The topological polar surface area (TPSA) is 3.88 Å². The number of aromatic nitrogens is 1. The molecule has 0 saturated carbocycles. The third-order valence-electron chi connectivity index (χ3n) is 6.06. The molecule has 5 rings (SSSR count). The van der Waals surface area contributed by atoms with Crippen LogP contribution in [0.15, 0.2) is 84.9 Å². The van der Waals surface area contributed by atoms with Gasteiger partial charge in [0.1, 0.15) is 17.5 Å². The lowest BCUT2D eigenvalue weighted by atomic mass is 9.85. The molecule has 1 heterocycles. The molecule has 33 heavy (non-hydrogen) atoms. The van der Waals surface area contributed by atoms with E-state index in [0.29, 0.717) is 16.5 Å². The van der Waals surface area contributed by atoms with Gasteiger partial charge in [-0.3, -0.25) is 0 Å². The first-order valence-electron chi connectivity index (χ1n) is 10.9. The highest BCUT2D eigenvalue weighted by Gasteiger charge is 2.24. The highest BCUT2D eigenvalue weighted by Crippen LogP contribution is 2.36. The second-order valence-electron chi connectivity index (χ2n) is 9.34. The first-order chi connectivity index (χ1) is 15.7. The molecule has 0 fully saturated rings. The summed E-state index contributed by atoms with van der Waals surface area (Å²) in [5.74, 6) is -1.10. The molecule has 0 unspecified atom stereocenters. The Morgan fingerprint density at radius 1 is 0.576 bits per heavy atom. The molecule has 4 aromatic carbocycles. The van der Waals surface area contributed by atoms with Gasteiger partial charge in [-0.2, -0.15) is 4.57 Å². The number of rotatable bonds is 2. The Kier molecular flexibility index (Phi) is 4.97. The van der Waals surface area contributed by atoms with Gasteiger partial charge in [0.05, 0.1) is 10.8 Å². The van der Waals surface area contributed by atoms with Gasteiger partial charge in [0.25, 0.3) is 0 Å². The van der Waals surface area contributed by atoms with Crippen LogP contribution in [-0.2, 0) is 5.41 Å². The number of pyridine rings is 1. The van der Waals surface area contributed by atoms with Crippen LogP contribution < -0.4 is 4.57 Å². The standard InChI is InChI=1S/C29H23F3N/c1-29(2,3)19-6-4-18(5-7-19)28-24-16-21(31)10-14-26(24)33(23-12-8-20(30)9-13-23)27-15-11-22(32)17-25(27)28/h4-17H,1-3H3/q+1. The van der Waals surface area contributed by atoms with Gasteiger partial charge in [-0.05, 0) is 52.9 Å². The predicted octanol–water partition coefficient (Wildman–Crippen LogP) is 7.65. The average molecular weight is 443 g/mol. The van der Waals surface area contributed by atoms with Gasteiger partial charge in [-0.15, -0.1) is 0 Å². The minimum Gasteiger partial charge on any atom is -0.207 e. The SMILES string of the molecule is CC(C)(C)c1ccc(-c2c3cc(F)ccc3[n+](-c3ccc(F)cc3)c3ccc(F)cc23)cc1. The largest absolute Gasteiger partial charge is 0.219 e. The summed E-state index contributed by atoms with van der Waals surface area (Å²) in [6.45, 7) is 6.43. The van der Waals surface area contributed by atoms with Gasteiger partial charge >= 0.3 is 0 Å². The van der Waals surface area contributed by atoms with E-state index in [0.717, 1.165) is 22.2 Å². The summed E-state index contributed by atoms with van der Waals surface area (Å²) in [5.41, 5.74) is 5.00. The molecule has 0 radical (unpaired) electrons. The lowest BCUT2D eigenvalue weighted by molar-refractivity contribution is -0.538. The Hall–Kier alpha value is -3.66. The molecule has 4 heteroatoms. The highest BCUT2D eigenvalue weighted by molar-refractivity contribution is 6.07. The number of fused-ring (bicyclic) bond motifs is 2. The summed E-state index contributed by atoms with van der Waals surface area (Å²) < 4.78 is 44.5. The molecule has 0 atom stereocenters. The number of hydrogen-bond acceptors (Lipinski definition) is 0. The molecular weight excluding hydrogens is 419 g/mol. The fraction of sp³-hybridized carbons (Fsp3) is 0.138. The summed E-state index contributed by atoms with van der Waals surface area (Å²) in [6, 6.07) is 23.4. The maximum Gasteiger partial charge on any atom is 0.219 e. The lowest BCUT2D eigenvalue weighted by Gasteiger charge is -2.19. The molecule has 0 aliphatic heterocycles. The van der Waals surface area contributed by atoms with Crippen molar-refractivity contribution in [3.63, 3.8) is 0 Å². The monoisotopic (exact) mass is 442 g/mol. The third kappa shape index (κ3) is 3.76. The molecule has 0 spiro atoms. The van der Waals surface area contributed by atoms with Gasteiger partial charge in [0.2, 0.25) is 16.7 Å². The number of benzene rings is 4. The van der Waals surface area contributed by atoms with E-state index in [4.69, 9.17) is 0 Å². The molecule has 0 N–H and O–H groups in total. The van der Waals surface area contributed by atoms with E-state index in [1.807, 2.05) is 16.7 Å². The molecule has 1 aromatic heterocycles. The normalized spacial score (nSPS) is 11.9. The van der Waals surface area contributed by atoms with Crippen LogP contribution in [-0.4, -0.2) is 0 Å². The minimum atomic E-state index is -0.378. The summed E-state index contributed by atoms with van der Waals surface area (Å²) in [5, 5.41) is 1.31. The maximum absolute atomic E-state index is 14.5. The molecule has 164 valence electrons. The van der Waals surface area contributed by atoms with Crippen LogP contribution in [0.1, 0.15) is 26.3 Å². The molecule has 1 nitrogen and oxygen atoms in total. The van der Waals surface area contributed by atoms with E-state index in [2.05, 4.69) is 32.9 Å². The van der Waals surface area contributed by atoms with Gasteiger partial charge < -0.3 is 0 Å². The van der Waals surface area contributed by atoms with Crippen molar-refractivity contribution in [3.8, 4) is 16.8 Å². The maximum atomic E-state index is 14.5. The van der Waals surface area contributed by atoms with E-state index in [1.165, 1.54) is 42.0 Å². The van der Waals surface area contributed by atoms with Crippen molar-refractivity contribution >= 4 is 21.8 Å². The number of nitrogens with zero attached hydrogens (tertiary/aromatic N) is 1. The van der Waals surface area contributed by atoms with Crippen LogP contribution in [0.25, 0.3) is 38.6 Å². The van der Waals surface area contributed by atoms with Crippen molar-refractivity contribution in [2.75, 3.05) is 0 Å². The van der Waals surface area contributed by atoms with Crippen LogP contribution in [0.4, 0.5) is 13.2 Å². The van der Waals surface area contributed by atoms with Crippen molar-refractivity contribution in [3.05, 3.63) is 108 Å². The number of hydrogen-bond donors (Lipinski definition) is 0. The van der Waals surface area contributed by atoms with E-state index < -0.39 is 0 Å². The molecule has 0 aliphatic rings. The zero-order valence-corrected chi connectivity index (χ0v) is 18.7. The Labute approximate surface area is 190 Å². The fourth-order valence-electron chi connectivity index (χ4n) is 4.40. The van der Waals surface area contributed by atoms with Crippen molar-refractivity contribution in [1.82, 2.24) is 0 Å². The summed E-state index contributed by atoms with van der Waals surface area (Å²) in [4.78, 5) is 0. The van der Waals surface area contributed by atoms with E-state index in [9.17, 15) is 13.2 Å². The quantitative estimate of drug-likeness (QED) is 0.195. The average Bonchev–Trinajstić information content (AvgIpc) is 2.78. The second-order valence-corrected chi connectivity index (χ2v) is 9.34. The zero-order valence-electron chi connectivity index (χ0n) is 18.7. The summed E-state index contributed by atoms with van der Waals surface area (Å²) in [6.07, 6.45) is 0. The third-order valence-corrected chi connectivity index (χ3v) is 6.06. The Bertz CT molecular complexity index is 1430. The Balaban J connectivity index is 1.92. The van der Waals surface area contributed by atoms with Crippen molar-refractivity contribution < 1.29 is 17.7 Å². The molecule has 0 aliphatic carbocycles. The van der Waals surface area contributed by atoms with Crippen molar-refractivity contribution in [1.29, 1.82) is 0 Å². The summed E-state index contributed by atoms with van der Waals surface area (Å²) in [7, 11) is 0. The first-order valence-corrected chi connectivity index (χ1v) is 10.9. The predicted molar refractivity (Wildman–Crippen MR) is 127 cm³/mol. The molecule has 5 aromatic rings. The molecular formula is C29H23F3N+. The summed E-state index contributed by atoms with van der Waals surface area (Å²) >= 11 is 0. The fourth-order valence-corrected chi connectivity index (χ4v) is 4.40. The van der Waals surface area contributed by atoms with Crippen LogP contribution in [0, 0.1) is 17.5 Å². The highest BCUT2D eigenvalue weighted by atomic mass is 19.1. The minimum absolute atomic E-state index is 0.0107. The van der Waals surface area contributed by atoms with Crippen LogP contribution in [0.3, 0.4) is 0 Å². The van der Waals surface area contributed by atoms with Gasteiger partial charge in [0, 0.05) is 29.8 Å². The zero-order chi connectivity index (χ0) is 23.3. The number of halogens is 3. The first kappa shape index (κ1) is 21.2. The van der Waals surface area contributed by atoms with Crippen LogP contribution in [0.2, 0.25) is 0 Å². The molecule has 0 amide bonds. The van der Waals surface area contributed by atoms with Crippen molar-refractivity contribution in [2.24, 2.45) is 0 Å². The van der Waals surface area contributed by atoms with Gasteiger partial charge in [0.15, 0.2) is 0 Å². The van der Waals surface area contributed by atoms with Crippen LogP contribution in [0.5, 0.6) is 0 Å². The molecule has 0 bridgehead atoms. The van der Waals surface area contributed by atoms with Gasteiger partial charge in [-0.25, -0.2) is 13.2 Å². The second kappa shape index (κ2) is 7.73. The van der Waals surface area contributed by atoms with E-state index in [-0.39, 0.29) is 22.9 Å². The Morgan fingerprint density at radius 2 is 1.06 bits per heavy atom. The van der Waals surface area contributed by atoms with E-state index >= 15 is 0 Å².